The molecule has 0 fully saturated rings. The van der Waals surface area contributed by atoms with Crippen LogP contribution < -0.4 is 9.80 Å². The van der Waals surface area contributed by atoms with E-state index in [9.17, 15) is 0 Å². The van der Waals surface area contributed by atoms with Crippen LogP contribution in [0.15, 0.2) is 170 Å². The van der Waals surface area contributed by atoms with E-state index < -0.39 is 0 Å². The maximum absolute atomic E-state index is 5.33. The summed E-state index contributed by atoms with van der Waals surface area (Å²) in [6.45, 7) is 4.50. The van der Waals surface area contributed by atoms with Gasteiger partial charge in [0.2, 0.25) is 0 Å². The lowest BCUT2D eigenvalue weighted by Crippen LogP contribution is -2.09. The first-order chi connectivity index (χ1) is 27.7. The number of aryl methyl sites for hydroxylation is 2. The first kappa shape index (κ1) is 37.1. The number of nitrogens with zero attached hydrogens (tertiary/aromatic N) is 4. The molecule has 0 aliphatic heterocycles. The third-order valence-electron chi connectivity index (χ3n) is 9.94. The molecule has 2 aromatic heterocycles. The van der Waals surface area contributed by atoms with Crippen LogP contribution in [0.2, 0.25) is 0 Å². The van der Waals surface area contributed by atoms with Crippen molar-refractivity contribution in [3.8, 4) is 30.9 Å². The van der Waals surface area contributed by atoms with Gasteiger partial charge in [-0.15, -0.1) is 22.7 Å². The second kappa shape index (κ2) is 17.8. The molecule has 0 bridgehead atoms. The Morgan fingerprint density at radius 1 is 0.375 bits per heavy atom. The zero-order chi connectivity index (χ0) is 38.1. The molecule has 0 aliphatic carbocycles. The van der Waals surface area contributed by atoms with Crippen molar-refractivity contribution in [3.63, 3.8) is 0 Å². The Balaban J connectivity index is 1.13. The fourth-order valence-corrected chi connectivity index (χ4v) is 9.34. The average Bonchev–Trinajstić information content (AvgIpc) is 3.89. The number of hydrogen-bond donors (Lipinski definition) is 0. The van der Waals surface area contributed by atoms with Crippen LogP contribution in [0.3, 0.4) is 0 Å². The van der Waals surface area contributed by atoms with Gasteiger partial charge in [0.1, 0.15) is 0 Å². The van der Waals surface area contributed by atoms with Crippen LogP contribution >= 0.6 is 22.7 Å². The predicted octanol–water partition coefficient (Wildman–Crippen LogP) is 15.2. The van der Waals surface area contributed by atoms with Crippen molar-refractivity contribution in [2.45, 2.75) is 52.4 Å². The Kier molecular flexibility index (Phi) is 11.8. The molecular formula is C50H46N4S2. The number of thiazole rings is 2. The van der Waals surface area contributed by atoms with Gasteiger partial charge < -0.3 is 9.80 Å². The summed E-state index contributed by atoms with van der Waals surface area (Å²) in [4.78, 5) is 17.8. The Labute approximate surface area is 339 Å². The topological polar surface area (TPSA) is 32.3 Å². The molecule has 0 N–H and O–H groups in total. The van der Waals surface area contributed by atoms with E-state index in [1.165, 1.54) is 32.3 Å². The van der Waals surface area contributed by atoms with Crippen molar-refractivity contribution in [2.75, 3.05) is 9.80 Å². The molecular weight excluding hydrogens is 721 g/mol. The molecule has 0 saturated carbocycles. The molecule has 2 heterocycles. The maximum Gasteiger partial charge on any atom is 0.153 e. The zero-order valence-corrected chi connectivity index (χ0v) is 33.6. The van der Waals surface area contributed by atoms with E-state index in [1.807, 2.05) is 0 Å². The Morgan fingerprint density at radius 3 is 0.946 bits per heavy atom. The fourth-order valence-electron chi connectivity index (χ4n) is 7.09. The van der Waals surface area contributed by atoms with Gasteiger partial charge in [-0.2, -0.15) is 0 Å². The number of para-hydroxylation sites is 4. The van der Waals surface area contributed by atoms with Crippen LogP contribution in [0, 0.1) is 0 Å². The van der Waals surface area contributed by atoms with E-state index in [2.05, 4.69) is 194 Å². The van der Waals surface area contributed by atoms with Crippen LogP contribution in [0.25, 0.3) is 30.9 Å². The van der Waals surface area contributed by atoms with E-state index in [1.54, 1.807) is 22.7 Å². The third kappa shape index (κ3) is 8.23. The highest BCUT2D eigenvalue weighted by molar-refractivity contribution is 7.24. The summed E-state index contributed by atoms with van der Waals surface area (Å²) in [6, 6.07) is 60.3. The first-order valence-electron chi connectivity index (χ1n) is 19.7. The van der Waals surface area contributed by atoms with Crippen LogP contribution in [0.5, 0.6) is 0 Å². The minimum atomic E-state index is 0.950. The number of unbranched alkanes of at least 4 members (excludes halogenated alkanes) is 2. The molecule has 0 amide bonds. The van der Waals surface area contributed by atoms with Gasteiger partial charge in [-0.3, -0.25) is 0 Å². The van der Waals surface area contributed by atoms with Crippen LogP contribution in [0.1, 0.15) is 50.9 Å². The van der Waals surface area contributed by atoms with Gasteiger partial charge in [-0.25, -0.2) is 9.97 Å². The van der Waals surface area contributed by atoms with Gasteiger partial charge in [0.25, 0.3) is 0 Å². The number of benzene rings is 6. The second-order valence-electron chi connectivity index (χ2n) is 13.9. The molecule has 4 nitrogen and oxygen atoms in total. The lowest BCUT2D eigenvalue weighted by molar-refractivity contribution is 0.780. The molecule has 0 atom stereocenters. The molecule has 56 heavy (non-hydrogen) atoms. The van der Waals surface area contributed by atoms with Crippen molar-refractivity contribution in [2.24, 2.45) is 0 Å². The molecule has 278 valence electrons. The van der Waals surface area contributed by atoms with E-state index in [0.717, 1.165) is 82.7 Å². The molecule has 0 aliphatic rings. The quantitative estimate of drug-likeness (QED) is 0.104. The highest BCUT2D eigenvalue weighted by Crippen LogP contribution is 2.44. The summed E-state index contributed by atoms with van der Waals surface area (Å²) in [5.41, 5.74) is 11.5. The van der Waals surface area contributed by atoms with Crippen LogP contribution in [-0.4, -0.2) is 9.97 Å². The van der Waals surface area contributed by atoms with Crippen molar-refractivity contribution in [1.82, 2.24) is 9.97 Å². The lowest BCUT2D eigenvalue weighted by atomic mass is 10.1. The van der Waals surface area contributed by atoms with Crippen molar-refractivity contribution >= 4 is 56.8 Å². The lowest BCUT2D eigenvalue weighted by Gasteiger charge is -2.25. The smallest absolute Gasteiger partial charge is 0.153 e. The third-order valence-corrected chi connectivity index (χ3v) is 12.4. The minimum absolute atomic E-state index is 0.950. The van der Waals surface area contributed by atoms with Gasteiger partial charge >= 0.3 is 0 Å². The average molecular weight is 767 g/mol. The van der Waals surface area contributed by atoms with Crippen molar-refractivity contribution in [1.29, 1.82) is 0 Å². The van der Waals surface area contributed by atoms with E-state index in [4.69, 9.17) is 9.97 Å². The largest absolute Gasteiger partial charge is 0.311 e. The minimum Gasteiger partial charge on any atom is -0.311 e. The Hall–Kier alpha value is -5.82. The van der Waals surface area contributed by atoms with Crippen molar-refractivity contribution in [3.05, 3.63) is 181 Å². The molecule has 8 rings (SSSR count). The molecule has 0 unspecified atom stereocenters. The summed E-state index contributed by atoms with van der Waals surface area (Å²) in [6.07, 6.45) is 6.35. The number of aromatic nitrogens is 2. The predicted molar refractivity (Wildman–Crippen MR) is 241 cm³/mol. The monoisotopic (exact) mass is 766 g/mol. The highest BCUT2D eigenvalue weighted by Gasteiger charge is 2.21. The number of rotatable bonds is 15. The van der Waals surface area contributed by atoms with Crippen LogP contribution in [-0.2, 0) is 12.8 Å². The van der Waals surface area contributed by atoms with E-state index in [0.29, 0.717) is 0 Å². The summed E-state index contributed by atoms with van der Waals surface area (Å²) in [5.74, 6) is 0. The maximum atomic E-state index is 5.33. The van der Waals surface area contributed by atoms with Gasteiger partial charge in [0, 0.05) is 34.1 Å². The van der Waals surface area contributed by atoms with Gasteiger partial charge in [-0.1, -0.05) is 124 Å². The van der Waals surface area contributed by atoms with Gasteiger partial charge in [0.15, 0.2) is 10.0 Å². The Morgan fingerprint density at radius 2 is 0.661 bits per heavy atom. The standard InChI is InChI=1S/C50H46N4S2/c1-3-5-27-45-47(37-29-33-43(34-30-37)53(39-19-11-7-12-20-39)40-21-13-8-14-22-40)55-49(51-45)50-52-46(28-6-4-2)48(56-50)38-31-35-44(36-32-38)54(41-23-15-9-16-24-41)42-25-17-10-18-26-42/h7-26,29-36H,3-6,27-28H2,1-2H3. The van der Waals surface area contributed by atoms with Gasteiger partial charge in [0.05, 0.1) is 21.1 Å². The molecule has 0 spiro atoms. The Bertz CT molecular complexity index is 2170. The second-order valence-corrected chi connectivity index (χ2v) is 15.9. The summed E-state index contributed by atoms with van der Waals surface area (Å²) in [5, 5.41) is 2.02. The molecule has 0 saturated heterocycles. The first-order valence-corrected chi connectivity index (χ1v) is 21.3. The van der Waals surface area contributed by atoms with E-state index in [-0.39, 0.29) is 0 Å². The normalized spacial score (nSPS) is 11.1. The molecule has 6 aromatic carbocycles. The van der Waals surface area contributed by atoms with Crippen molar-refractivity contribution < 1.29 is 0 Å². The fraction of sp³-hybridized carbons (Fsp3) is 0.160. The van der Waals surface area contributed by atoms with Crippen LogP contribution in [0.4, 0.5) is 34.1 Å². The molecule has 0 radical (unpaired) electrons. The van der Waals surface area contributed by atoms with E-state index >= 15 is 0 Å². The molecule has 6 heteroatoms. The SMILES string of the molecule is CCCCc1nc(-c2nc(CCCC)c(-c3ccc(N(c4ccccc4)c4ccccc4)cc3)s2)sc1-c1ccc(N(c2ccccc2)c2ccccc2)cc1. The number of hydrogen-bond acceptors (Lipinski definition) is 6. The van der Waals surface area contributed by atoms with Gasteiger partial charge in [-0.05, 0) is 110 Å². The zero-order valence-electron chi connectivity index (χ0n) is 32.0. The molecule has 8 aromatic rings. The highest BCUT2D eigenvalue weighted by atomic mass is 32.1. The summed E-state index contributed by atoms with van der Waals surface area (Å²) in [7, 11) is 0. The number of anilines is 6. The summed E-state index contributed by atoms with van der Waals surface area (Å²) < 4.78 is 0. The summed E-state index contributed by atoms with van der Waals surface area (Å²) >= 11 is 3.56.